The molecule has 0 amide bonds. The zero-order chi connectivity index (χ0) is 14.2. The van der Waals surface area contributed by atoms with Gasteiger partial charge in [0.15, 0.2) is 11.5 Å². The van der Waals surface area contributed by atoms with Crippen LogP contribution in [0.2, 0.25) is 0 Å². The summed E-state index contributed by atoms with van der Waals surface area (Å²) >= 11 is 0. The van der Waals surface area contributed by atoms with E-state index in [2.05, 4.69) is 4.90 Å². The average molecular weight is 281 g/mol. The summed E-state index contributed by atoms with van der Waals surface area (Å²) in [6, 6.07) is 5.54. The van der Waals surface area contributed by atoms with E-state index in [-0.39, 0.29) is 6.61 Å². The molecule has 0 unspecified atom stereocenters. The Bertz CT molecular complexity index is 405. The topological polar surface area (TPSA) is 51.2 Å². The molecule has 5 heteroatoms. The molecule has 0 saturated carbocycles. The summed E-state index contributed by atoms with van der Waals surface area (Å²) in [7, 11) is 0. The van der Waals surface area contributed by atoms with Gasteiger partial charge < -0.3 is 19.3 Å². The van der Waals surface area contributed by atoms with Crippen LogP contribution in [0, 0.1) is 0 Å². The van der Waals surface area contributed by atoms with Crippen LogP contribution in [0.25, 0.3) is 0 Å². The van der Waals surface area contributed by atoms with E-state index in [9.17, 15) is 0 Å². The largest absolute Gasteiger partial charge is 0.490 e. The summed E-state index contributed by atoms with van der Waals surface area (Å²) in [5, 5.41) is 9.15. The fraction of sp³-hybridized carbons (Fsp3) is 0.600. The van der Waals surface area contributed by atoms with Gasteiger partial charge in [-0.15, -0.1) is 0 Å². The van der Waals surface area contributed by atoms with E-state index in [4.69, 9.17) is 19.3 Å². The molecule has 1 aromatic carbocycles. The van der Waals surface area contributed by atoms with Crippen LogP contribution in [0.3, 0.4) is 0 Å². The second kappa shape index (κ2) is 8.09. The Morgan fingerprint density at radius 1 is 1.20 bits per heavy atom. The Morgan fingerprint density at radius 3 is 2.70 bits per heavy atom. The van der Waals surface area contributed by atoms with Crippen LogP contribution in [0.1, 0.15) is 12.5 Å². The van der Waals surface area contributed by atoms with Crippen molar-refractivity contribution in [1.29, 1.82) is 0 Å². The Balaban J connectivity index is 1.87. The molecular weight excluding hydrogens is 258 g/mol. The number of morpholine rings is 1. The summed E-state index contributed by atoms with van der Waals surface area (Å²) in [5.41, 5.74) is 0.828. The Kier molecular flexibility index (Phi) is 6.11. The van der Waals surface area contributed by atoms with Crippen molar-refractivity contribution in [3.05, 3.63) is 23.8 Å². The van der Waals surface area contributed by atoms with Crippen LogP contribution in [-0.2, 0) is 11.3 Å². The lowest BCUT2D eigenvalue weighted by atomic mass is 10.2. The second-order valence-electron chi connectivity index (χ2n) is 4.67. The SMILES string of the molecule is CCOc1cc(CO)ccc1OCCN1CCOCC1. The van der Waals surface area contributed by atoms with E-state index in [0.717, 1.165) is 44.2 Å². The van der Waals surface area contributed by atoms with Crippen LogP contribution >= 0.6 is 0 Å². The van der Waals surface area contributed by atoms with Gasteiger partial charge in [0.05, 0.1) is 26.4 Å². The van der Waals surface area contributed by atoms with Crippen LogP contribution in [0.5, 0.6) is 11.5 Å². The molecule has 1 fully saturated rings. The molecule has 1 saturated heterocycles. The van der Waals surface area contributed by atoms with Crippen molar-refractivity contribution in [2.24, 2.45) is 0 Å². The number of aliphatic hydroxyl groups is 1. The molecule has 0 spiro atoms. The zero-order valence-electron chi connectivity index (χ0n) is 12.0. The van der Waals surface area contributed by atoms with E-state index >= 15 is 0 Å². The minimum Gasteiger partial charge on any atom is -0.490 e. The molecule has 5 nitrogen and oxygen atoms in total. The van der Waals surface area contributed by atoms with E-state index in [1.807, 2.05) is 25.1 Å². The zero-order valence-corrected chi connectivity index (χ0v) is 12.0. The number of ether oxygens (including phenoxy) is 3. The first-order valence-electron chi connectivity index (χ1n) is 7.13. The summed E-state index contributed by atoms with van der Waals surface area (Å²) in [5.74, 6) is 1.43. The van der Waals surface area contributed by atoms with Gasteiger partial charge in [0.1, 0.15) is 6.61 Å². The molecule has 2 rings (SSSR count). The highest BCUT2D eigenvalue weighted by atomic mass is 16.5. The minimum atomic E-state index is 0.00807. The van der Waals surface area contributed by atoms with E-state index in [1.165, 1.54) is 0 Å². The van der Waals surface area contributed by atoms with Crippen LogP contribution < -0.4 is 9.47 Å². The summed E-state index contributed by atoms with van der Waals surface area (Å²) in [6.07, 6.45) is 0. The monoisotopic (exact) mass is 281 g/mol. The van der Waals surface area contributed by atoms with Crippen LogP contribution in [0.15, 0.2) is 18.2 Å². The lowest BCUT2D eigenvalue weighted by Gasteiger charge is -2.26. The molecular formula is C15H23NO4. The molecule has 20 heavy (non-hydrogen) atoms. The second-order valence-corrected chi connectivity index (χ2v) is 4.67. The van der Waals surface area contributed by atoms with Gasteiger partial charge in [-0.25, -0.2) is 0 Å². The molecule has 0 aromatic heterocycles. The molecule has 1 aliphatic rings. The molecule has 1 aliphatic heterocycles. The van der Waals surface area contributed by atoms with Crippen molar-refractivity contribution in [2.75, 3.05) is 46.1 Å². The van der Waals surface area contributed by atoms with E-state index < -0.39 is 0 Å². The molecule has 1 N–H and O–H groups in total. The van der Waals surface area contributed by atoms with Gasteiger partial charge in [-0.1, -0.05) is 6.07 Å². The normalized spacial score (nSPS) is 16.1. The third-order valence-corrected chi connectivity index (χ3v) is 3.26. The number of hydrogen-bond donors (Lipinski definition) is 1. The number of benzene rings is 1. The van der Waals surface area contributed by atoms with E-state index in [1.54, 1.807) is 0 Å². The first-order chi connectivity index (χ1) is 9.83. The average Bonchev–Trinajstić information content (AvgIpc) is 2.50. The minimum absolute atomic E-state index is 0.00807. The van der Waals surface area contributed by atoms with E-state index in [0.29, 0.717) is 19.0 Å². The molecule has 1 aromatic rings. The summed E-state index contributed by atoms with van der Waals surface area (Å²) in [4.78, 5) is 2.33. The molecule has 0 bridgehead atoms. The van der Waals surface area contributed by atoms with Crippen LogP contribution in [-0.4, -0.2) is 56.1 Å². The lowest BCUT2D eigenvalue weighted by Crippen LogP contribution is -2.38. The predicted octanol–water partition coefficient (Wildman–Crippen LogP) is 1.29. The quantitative estimate of drug-likeness (QED) is 0.816. The van der Waals surface area contributed by atoms with Crippen molar-refractivity contribution in [1.82, 2.24) is 4.90 Å². The first kappa shape index (κ1) is 15.1. The summed E-state index contributed by atoms with van der Waals surface area (Å²) in [6.45, 7) is 7.56. The van der Waals surface area contributed by atoms with Crippen molar-refractivity contribution >= 4 is 0 Å². The Morgan fingerprint density at radius 2 is 2.00 bits per heavy atom. The molecule has 112 valence electrons. The van der Waals surface area contributed by atoms with Crippen molar-refractivity contribution in [3.8, 4) is 11.5 Å². The maximum Gasteiger partial charge on any atom is 0.161 e. The van der Waals surface area contributed by atoms with Gasteiger partial charge in [-0.3, -0.25) is 4.90 Å². The standard InChI is InChI=1S/C15H23NO4/c1-2-19-15-11-13(12-17)3-4-14(15)20-10-7-16-5-8-18-9-6-16/h3-4,11,17H,2,5-10,12H2,1H3. The highest BCUT2D eigenvalue weighted by Gasteiger charge is 2.11. The number of aliphatic hydroxyl groups excluding tert-OH is 1. The molecule has 1 heterocycles. The number of hydrogen-bond acceptors (Lipinski definition) is 5. The van der Waals surface area contributed by atoms with Gasteiger partial charge >= 0.3 is 0 Å². The van der Waals surface area contributed by atoms with Crippen molar-refractivity contribution < 1.29 is 19.3 Å². The molecule has 0 radical (unpaired) electrons. The van der Waals surface area contributed by atoms with Gasteiger partial charge in [0.2, 0.25) is 0 Å². The fourth-order valence-electron chi connectivity index (χ4n) is 2.15. The summed E-state index contributed by atoms with van der Waals surface area (Å²) < 4.78 is 16.7. The number of rotatable bonds is 7. The smallest absolute Gasteiger partial charge is 0.161 e. The van der Waals surface area contributed by atoms with Gasteiger partial charge in [0.25, 0.3) is 0 Å². The van der Waals surface area contributed by atoms with Gasteiger partial charge in [-0.05, 0) is 24.6 Å². The van der Waals surface area contributed by atoms with Crippen molar-refractivity contribution in [2.45, 2.75) is 13.5 Å². The Labute approximate surface area is 120 Å². The first-order valence-corrected chi connectivity index (χ1v) is 7.13. The fourth-order valence-corrected chi connectivity index (χ4v) is 2.15. The third kappa shape index (κ3) is 4.37. The maximum absolute atomic E-state index is 9.15. The van der Waals surface area contributed by atoms with Crippen LogP contribution in [0.4, 0.5) is 0 Å². The van der Waals surface area contributed by atoms with Gasteiger partial charge in [0, 0.05) is 19.6 Å². The maximum atomic E-state index is 9.15. The molecule has 0 aliphatic carbocycles. The lowest BCUT2D eigenvalue weighted by molar-refractivity contribution is 0.0321. The highest BCUT2D eigenvalue weighted by molar-refractivity contribution is 5.42. The highest BCUT2D eigenvalue weighted by Crippen LogP contribution is 2.28. The molecule has 0 atom stereocenters. The van der Waals surface area contributed by atoms with Gasteiger partial charge in [-0.2, -0.15) is 0 Å². The Hall–Kier alpha value is -1.30. The van der Waals surface area contributed by atoms with Crippen molar-refractivity contribution in [3.63, 3.8) is 0 Å². The third-order valence-electron chi connectivity index (χ3n) is 3.26. The predicted molar refractivity (Wildman–Crippen MR) is 76.3 cm³/mol. The number of nitrogens with zero attached hydrogens (tertiary/aromatic N) is 1.